The number of aromatic nitrogens is 3. The molecule has 2 heterocycles. The van der Waals surface area contributed by atoms with Gasteiger partial charge in [-0.15, -0.1) is 0 Å². The molecule has 0 unspecified atom stereocenters. The molecule has 0 spiro atoms. The first-order valence-corrected chi connectivity index (χ1v) is 10.1. The van der Waals surface area contributed by atoms with Crippen molar-refractivity contribution in [2.75, 3.05) is 12.0 Å². The highest BCUT2D eigenvalue weighted by Crippen LogP contribution is 2.42. The van der Waals surface area contributed by atoms with Crippen molar-refractivity contribution in [1.82, 2.24) is 14.8 Å². The summed E-state index contributed by atoms with van der Waals surface area (Å²) >= 11 is 0. The molecule has 6 nitrogen and oxygen atoms in total. The number of amides is 1. The summed E-state index contributed by atoms with van der Waals surface area (Å²) in [6, 6.07) is 13.8. The maximum atomic E-state index is 13.5. The van der Waals surface area contributed by atoms with E-state index in [0.717, 1.165) is 16.9 Å². The van der Waals surface area contributed by atoms with E-state index in [1.807, 2.05) is 38.1 Å². The largest absolute Gasteiger partial charge is 0.497 e. The second kappa shape index (κ2) is 8.26. The number of ether oxygens (including phenoxy) is 1. The van der Waals surface area contributed by atoms with Crippen LogP contribution in [-0.2, 0) is 4.79 Å². The second-order valence-electron chi connectivity index (χ2n) is 7.96. The van der Waals surface area contributed by atoms with Gasteiger partial charge in [0.1, 0.15) is 17.9 Å². The van der Waals surface area contributed by atoms with Crippen LogP contribution in [0.2, 0.25) is 0 Å². The van der Waals surface area contributed by atoms with E-state index in [1.54, 1.807) is 28.8 Å². The number of nitrogens with zero attached hydrogens (tertiary/aromatic N) is 4. The zero-order valence-corrected chi connectivity index (χ0v) is 17.3. The third kappa shape index (κ3) is 3.79. The first-order chi connectivity index (χ1) is 14.5. The predicted octanol–water partition coefficient (Wildman–Crippen LogP) is 4.54. The van der Waals surface area contributed by atoms with Crippen molar-refractivity contribution in [2.24, 2.45) is 5.92 Å². The van der Waals surface area contributed by atoms with Crippen LogP contribution in [0.4, 0.5) is 10.3 Å². The van der Waals surface area contributed by atoms with Crippen LogP contribution in [0.25, 0.3) is 0 Å². The number of hydrogen-bond donors (Lipinski definition) is 0. The smallest absolute Gasteiger partial charge is 0.231 e. The van der Waals surface area contributed by atoms with Crippen molar-refractivity contribution < 1.29 is 13.9 Å². The molecule has 1 aliphatic heterocycles. The Hall–Kier alpha value is -3.22. The van der Waals surface area contributed by atoms with E-state index in [2.05, 4.69) is 10.1 Å². The van der Waals surface area contributed by atoms with Crippen LogP contribution in [-0.4, -0.2) is 27.8 Å². The topological polar surface area (TPSA) is 60.2 Å². The van der Waals surface area contributed by atoms with Crippen molar-refractivity contribution in [3.8, 4) is 5.75 Å². The minimum absolute atomic E-state index is 0.0117. The number of carbonyl (C=O) groups excluding carboxylic acids is 1. The summed E-state index contributed by atoms with van der Waals surface area (Å²) in [7, 11) is 1.63. The van der Waals surface area contributed by atoms with Gasteiger partial charge < -0.3 is 4.74 Å². The fraction of sp³-hybridized carbons (Fsp3) is 0.348. The van der Waals surface area contributed by atoms with Gasteiger partial charge >= 0.3 is 0 Å². The summed E-state index contributed by atoms with van der Waals surface area (Å²) in [5.41, 5.74) is 1.92. The molecular formula is C23H25FN4O2. The molecule has 1 amide bonds. The molecule has 0 aliphatic carbocycles. The highest BCUT2D eigenvalue weighted by molar-refractivity contribution is 5.93. The maximum absolute atomic E-state index is 13.5. The number of benzene rings is 2. The number of methoxy groups -OCH3 is 1. The number of rotatable bonds is 5. The van der Waals surface area contributed by atoms with Gasteiger partial charge in [0.05, 0.1) is 19.2 Å². The molecule has 0 saturated heterocycles. The normalized spacial score (nSPS) is 18.4. The molecule has 0 N–H and O–H groups in total. The summed E-state index contributed by atoms with van der Waals surface area (Å²) in [4.78, 5) is 19.4. The molecule has 30 heavy (non-hydrogen) atoms. The number of carbonyl (C=O) groups is 1. The van der Waals surface area contributed by atoms with E-state index in [4.69, 9.17) is 4.74 Å². The second-order valence-corrected chi connectivity index (χ2v) is 7.96. The molecule has 1 aliphatic rings. The SMILES string of the molecule is COc1ccc([C@@H]2C[C@@H](c3ccc(F)cc3)n3ncnc3N2C(=O)CC(C)C)cc1. The Labute approximate surface area is 175 Å². The summed E-state index contributed by atoms with van der Waals surface area (Å²) in [5, 5.41) is 4.40. The van der Waals surface area contributed by atoms with Crippen molar-refractivity contribution >= 4 is 11.9 Å². The Morgan fingerprint density at radius 1 is 1.10 bits per heavy atom. The number of fused-ring (bicyclic) bond motifs is 1. The van der Waals surface area contributed by atoms with Gasteiger partial charge in [0.15, 0.2) is 0 Å². The van der Waals surface area contributed by atoms with E-state index < -0.39 is 0 Å². The van der Waals surface area contributed by atoms with Crippen LogP contribution >= 0.6 is 0 Å². The fourth-order valence-corrected chi connectivity index (χ4v) is 4.00. The lowest BCUT2D eigenvalue weighted by Gasteiger charge is -2.39. The lowest BCUT2D eigenvalue weighted by molar-refractivity contribution is -0.120. The molecule has 7 heteroatoms. The molecule has 1 aromatic heterocycles. The van der Waals surface area contributed by atoms with Crippen LogP contribution in [0.1, 0.15) is 49.9 Å². The molecular weight excluding hydrogens is 383 g/mol. The van der Waals surface area contributed by atoms with Crippen LogP contribution in [0.5, 0.6) is 5.75 Å². The summed E-state index contributed by atoms with van der Waals surface area (Å²) in [5.74, 6) is 1.22. The molecule has 2 aromatic carbocycles. The van der Waals surface area contributed by atoms with Crippen LogP contribution in [0.3, 0.4) is 0 Å². The first-order valence-electron chi connectivity index (χ1n) is 10.1. The third-order valence-corrected chi connectivity index (χ3v) is 5.43. The minimum Gasteiger partial charge on any atom is -0.497 e. The van der Waals surface area contributed by atoms with Gasteiger partial charge in [-0.3, -0.25) is 9.69 Å². The molecule has 0 saturated carbocycles. The van der Waals surface area contributed by atoms with Crippen LogP contribution in [0, 0.1) is 11.7 Å². The zero-order valence-electron chi connectivity index (χ0n) is 17.3. The number of hydrogen-bond acceptors (Lipinski definition) is 4. The van der Waals surface area contributed by atoms with E-state index in [1.165, 1.54) is 18.5 Å². The van der Waals surface area contributed by atoms with Gasteiger partial charge in [-0.25, -0.2) is 9.07 Å². The number of anilines is 1. The van der Waals surface area contributed by atoms with E-state index in [0.29, 0.717) is 18.8 Å². The molecule has 156 valence electrons. The predicted molar refractivity (Wildman–Crippen MR) is 112 cm³/mol. The standard InChI is InChI=1S/C23H25FN4O2/c1-15(2)12-22(29)27-20(16-6-10-19(30-3)11-7-16)13-21(28-23(27)25-14-26-28)17-4-8-18(24)9-5-17/h4-11,14-15,20-21H,12-13H2,1-3H3/t20-,21-/m0/s1. The molecule has 3 aromatic rings. The van der Waals surface area contributed by atoms with Crippen molar-refractivity contribution in [1.29, 1.82) is 0 Å². The van der Waals surface area contributed by atoms with Gasteiger partial charge in [0, 0.05) is 6.42 Å². The lowest BCUT2D eigenvalue weighted by Crippen LogP contribution is -2.43. The highest BCUT2D eigenvalue weighted by atomic mass is 19.1. The minimum atomic E-state index is -0.284. The zero-order chi connectivity index (χ0) is 21.3. The van der Waals surface area contributed by atoms with E-state index >= 15 is 0 Å². The quantitative estimate of drug-likeness (QED) is 0.622. The third-order valence-electron chi connectivity index (χ3n) is 5.43. The maximum Gasteiger partial charge on any atom is 0.231 e. The fourth-order valence-electron chi connectivity index (χ4n) is 4.00. The van der Waals surface area contributed by atoms with E-state index in [-0.39, 0.29) is 29.7 Å². The molecule has 2 atom stereocenters. The van der Waals surface area contributed by atoms with Gasteiger partial charge in [-0.1, -0.05) is 38.1 Å². The summed E-state index contributed by atoms with van der Waals surface area (Å²) in [6.07, 6.45) is 2.50. The highest BCUT2D eigenvalue weighted by Gasteiger charge is 2.39. The van der Waals surface area contributed by atoms with Gasteiger partial charge in [0.2, 0.25) is 11.9 Å². The summed E-state index contributed by atoms with van der Waals surface area (Å²) in [6.45, 7) is 4.05. The summed E-state index contributed by atoms with van der Waals surface area (Å²) < 4.78 is 20.5. The molecule has 0 fully saturated rings. The molecule has 4 rings (SSSR count). The van der Waals surface area contributed by atoms with Crippen molar-refractivity contribution in [2.45, 2.75) is 38.8 Å². The van der Waals surface area contributed by atoms with Crippen LogP contribution in [0.15, 0.2) is 54.9 Å². The van der Waals surface area contributed by atoms with Crippen LogP contribution < -0.4 is 9.64 Å². The first kappa shape index (κ1) is 20.1. The molecule has 0 radical (unpaired) electrons. The van der Waals surface area contributed by atoms with Crippen molar-refractivity contribution in [3.05, 3.63) is 71.8 Å². The van der Waals surface area contributed by atoms with Gasteiger partial charge in [-0.05, 0) is 47.7 Å². The Bertz CT molecular complexity index is 1010. The average molecular weight is 408 g/mol. The van der Waals surface area contributed by atoms with Crippen molar-refractivity contribution in [3.63, 3.8) is 0 Å². The van der Waals surface area contributed by atoms with Gasteiger partial charge in [0.25, 0.3) is 0 Å². The molecule has 0 bridgehead atoms. The van der Waals surface area contributed by atoms with Gasteiger partial charge in [-0.2, -0.15) is 10.1 Å². The Balaban J connectivity index is 1.80. The van der Waals surface area contributed by atoms with E-state index in [9.17, 15) is 9.18 Å². The Morgan fingerprint density at radius 2 is 1.73 bits per heavy atom. The number of halogens is 1. The Kier molecular flexibility index (Phi) is 5.53. The Morgan fingerprint density at radius 3 is 2.37 bits per heavy atom. The average Bonchev–Trinajstić information content (AvgIpc) is 3.22. The lowest BCUT2D eigenvalue weighted by atomic mass is 9.91. The monoisotopic (exact) mass is 408 g/mol.